The first-order valence-corrected chi connectivity index (χ1v) is 13.7. The van der Waals surface area contributed by atoms with Crippen LogP contribution in [0.5, 0.6) is 0 Å². The first kappa shape index (κ1) is 27.5. The highest BCUT2D eigenvalue weighted by Crippen LogP contribution is 2.27. The van der Waals surface area contributed by atoms with E-state index < -0.39 is 10.0 Å². The summed E-state index contributed by atoms with van der Waals surface area (Å²) in [5.41, 5.74) is 2.33. The lowest BCUT2D eigenvalue weighted by Gasteiger charge is -2.22. The van der Waals surface area contributed by atoms with Crippen molar-refractivity contribution in [2.75, 3.05) is 7.11 Å². The van der Waals surface area contributed by atoms with Gasteiger partial charge in [0.1, 0.15) is 0 Å². The Balaban J connectivity index is 2.12. The molecule has 33 heavy (non-hydrogen) atoms. The fourth-order valence-electron chi connectivity index (χ4n) is 3.62. The molecule has 0 amide bonds. The predicted molar refractivity (Wildman–Crippen MR) is 137 cm³/mol. The van der Waals surface area contributed by atoms with E-state index in [0.717, 1.165) is 54.1 Å². The molecule has 0 radical (unpaired) electrons. The maximum absolute atomic E-state index is 13.0. The molecule has 2 aromatic carbocycles. The Kier molecular flexibility index (Phi) is 10.6. The largest absolute Gasteiger partial charge is 0.469 e. The quantitative estimate of drug-likeness (QED) is 0.245. The SMILES string of the molecule is COC(=O)CCCc1ccc(C(CCCCC(C)(C)C)NS(=O)(=O)c2ccc(Br)cc2)cc1. The van der Waals surface area contributed by atoms with Gasteiger partial charge in [0.15, 0.2) is 0 Å². The summed E-state index contributed by atoms with van der Waals surface area (Å²) in [6.07, 6.45) is 5.69. The van der Waals surface area contributed by atoms with Crippen LogP contribution in [0.2, 0.25) is 0 Å². The highest BCUT2D eigenvalue weighted by Gasteiger charge is 2.22. The van der Waals surface area contributed by atoms with Crippen LogP contribution in [0.3, 0.4) is 0 Å². The van der Waals surface area contributed by atoms with Gasteiger partial charge in [-0.25, -0.2) is 13.1 Å². The summed E-state index contributed by atoms with van der Waals surface area (Å²) < 4.78 is 34.5. The van der Waals surface area contributed by atoms with Crippen molar-refractivity contribution in [2.45, 2.75) is 76.7 Å². The number of nitrogens with one attached hydrogen (secondary N) is 1. The molecular weight excluding hydrogens is 502 g/mol. The number of carbonyl (C=O) groups excluding carboxylic acids is 1. The molecule has 0 aliphatic carbocycles. The average Bonchev–Trinajstić information content (AvgIpc) is 2.76. The summed E-state index contributed by atoms with van der Waals surface area (Å²) in [4.78, 5) is 11.6. The van der Waals surface area contributed by atoms with Gasteiger partial charge in [0, 0.05) is 16.9 Å². The zero-order valence-electron chi connectivity index (χ0n) is 20.1. The standard InChI is InChI=1S/C26H36BrNO4S/c1-26(2,3)19-6-5-9-24(28-33(30,31)23-17-15-22(27)16-18-23)21-13-11-20(12-14-21)8-7-10-25(29)32-4/h11-18,24,28H,5-10,19H2,1-4H3. The fraction of sp³-hybridized carbons (Fsp3) is 0.500. The lowest BCUT2D eigenvalue weighted by molar-refractivity contribution is -0.140. The average molecular weight is 539 g/mol. The summed E-state index contributed by atoms with van der Waals surface area (Å²) in [6.45, 7) is 6.67. The van der Waals surface area contributed by atoms with Crippen molar-refractivity contribution in [3.63, 3.8) is 0 Å². The number of sulfonamides is 1. The number of halogens is 1. The summed E-state index contributed by atoms with van der Waals surface area (Å²) in [5, 5.41) is 0. The molecule has 2 rings (SSSR count). The van der Waals surface area contributed by atoms with Gasteiger partial charge >= 0.3 is 5.97 Å². The van der Waals surface area contributed by atoms with Crippen molar-refractivity contribution in [3.05, 3.63) is 64.1 Å². The second kappa shape index (κ2) is 12.7. The number of methoxy groups -OCH3 is 1. The van der Waals surface area contributed by atoms with Crippen LogP contribution < -0.4 is 4.72 Å². The van der Waals surface area contributed by atoms with Crippen LogP contribution in [0.25, 0.3) is 0 Å². The minimum atomic E-state index is -3.65. The molecule has 0 saturated carbocycles. The lowest BCUT2D eigenvalue weighted by Crippen LogP contribution is -2.28. The van der Waals surface area contributed by atoms with Gasteiger partial charge in [0.2, 0.25) is 10.0 Å². The van der Waals surface area contributed by atoms with Crippen LogP contribution in [0.4, 0.5) is 0 Å². The Hall–Kier alpha value is -1.70. The van der Waals surface area contributed by atoms with Crippen LogP contribution in [-0.4, -0.2) is 21.5 Å². The van der Waals surface area contributed by atoms with Gasteiger partial charge in [-0.05, 0) is 66.5 Å². The molecule has 0 heterocycles. The van der Waals surface area contributed by atoms with Gasteiger partial charge in [-0.3, -0.25) is 4.79 Å². The summed E-state index contributed by atoms with van der Waals surface area (Å²) in [6, 6.07) is 14.4. The van der Waals surface area contributed by atoms with Crippen molar-refractivity contribution >= 4 is 31.9 Å². The maximum atomic E-state index is 13.0. The molecule has 0 saturated heterocycles. The van der Waals surface area contributed by atoms with Crippen LogP contribution in [0.1, 0.15) is 76.5 Å². The van der Waals surface area contributed by atoms with Crippen molar-refractivity contribution in [1.82, 2.24) is 4.72 Å². The van der Waals surface area contributed by atoms with Gasteiger partial charge in [-0.2, -0.15) is 0 Å². The molecule has 0 aromatic heterocycles. The third-order valence-electron chi connectivity index (χ3n) is 5.55. The molecule has 0 spiro atoms. The second-order valence-electron chi connectivity index (χ2n) is 9.61. The Bertz CT molecular complexity index is 980. The molecule has 1 unspecified atom stereocenters. The monoisotopic (exact) mass is 537 g/mol. The number of carbonyl (C=O) groups is 1. The molecule has 0 aliphatic rings. The smallest absolute Gasteiger partial charge is 0.305 e. The number of esters is 1. The van der Waals surface area contributed by atoms with Crippen LogP contribution in [0.15, 0.2) is 57.9 Å². The fourth-order valence-corrected chi connectivity index (χ4v) is 5.15. The summed E-state index contributed by atoms with van der Waals surface area (Å²) in [7, 11) is -2.25. The van der Waals surface area contributed by atoms with E-state index in [2.05, 4.69) is 46.2 Å². The van der Waals surface area contributed by atoms with E-state index in [1.54, 1.807) is 24.3 Å². The van der Waals surface area contributed by atoms with Crippen molar-refractivity contribution in [2.24, 2.45) is 5.41 Å². The molecule has 0 fully saturated rings. The second-order valence-corrected chi connectivity index (χ2v) is 12.2. The highest BCUT2D eigenvalue weighted by molar-refractivity contribution is 9.10. The maximum Gasteiger partial charge on any atom is 0.305 e. The Morgan fingerprint density at radius 2 is 1.64 bits per heavy atom. The van der Waals surface area contributed by atoms with E-state index in [4.69, 9.17) is 0 Å². The topological polar surface area (TPSA) is 72.5 Å². The molecule has 5 nitrogen and oxygen atoms in total. The molecule has 0 bridgehead atoms. The van der Waals surface area contributed by atoms with E-state index in [1.807, 2.05) is 24.3 Å². The molecule has 0 aliphatic heterocycles. The highest BCUT2D eigenvalue weighted by atomic mass is 79.9. The predicted octanol–water partition coefficient (Wildman–Crippen LogP) is 6.57. The first-order valence-electron chi connectivity index (χ1n) is 11.4. The third-order valence-corrected chi connectivity index (χ3v) is 7.56. The van der Waals surface area contributed by atoms with E-state index in [-0.39, 0.29) is 22.3 Å². The first-order chi connectivity index (χ1) is 15.5. The summed E-state index contributed by atoms with van der Waals surface area (Å²) in [5.74, 6) is -0.204. The molecule has 2 aromatic rings. The number of hydrogen-bond donors (Lipinski definition) is 1. The zero-order valence-corrected chi connectivity index (χ0v) is 22.5. The van der Waals surface area contributed by atoms with Crippen LogP contribution in [-0.2, 0) is 26.0 Å². The van der Waals surface area contributed by atoms with E-state index >= 15 is 0 Å². The van der Waals surface area contributed by atoms with Crippen LogP contribution >= 0.6 is 15.9 Å². The van der Waals surface area contributed by atoms with Gasteiger partial charge in [-0.15, -0.1) is 0 Å². The minimum absolute atomic E-state index is 0.204. The van der Waals surface area contributed by atoms with Gasteiger partial charge < -0.3 is 4.74 Å². The van der Waals surface area contributed by atoms with E-state index in [1.165, 1.54) is 7.11 Å². The molecular formula is C26H36BrNO4S. The molecule has 182 valence electrons. The number of aryl methyl sites for hydroxylation is 1. The zero-order chi connectivity index (χ0) is 24.5. The number of benzene rings is 2. The number of rotatable bonds is 12. The Labute approximate surface area is 207 Å². The number of unbranched alkanes of at least 4 members (excludes halogenated alkanes) is 1. The molecule has 7 heteroatoms. The lowest BCUT2D eigenvalue weighted by atomic mass is 9.88. The molecule has 1 N–H and O–H groups in total. The third kappa shape index (κ3) is 9.98. The Morgan fingerprint density at radius 3 is 2.21 bits per heavy atom. The van der Waals surface area contributed by atoms with Crippen molar-refractivity contribution in [3.8, 4) is 0 Å². The minimum Gasteiger partial charge on any atom is -0.469 e. The van der Waals surface area contributed by atoms with Crippen molar-refractivity contribution in [1.29, 1.82) is 0 Å². The van der Waals surface area contributed by atoms with Crippen LogP contribution in [0, 0.1) is 5.41 Å². The molecule has 1 atom stereocenters. The number of hydrogen-bond acceptors (Lipinski definition) is 4. The summed E-state index contributed by atoms with van der Waals surface area (Å²) >= 11 is 3.35. The van der Waals surface area contributed by atoms with Gasteiger partial charge in [0.25, 0.3) is 0 Å². The van der Waals surface area contributed by atoms with Gasteiger partial charge in [-0.1, -0.05) is 73.8 Å². The van der Waals surface area contributed by atoms with Crippen molar-refractivity contribution < 1.29 is 17.9 Å². The van der Waals surface area contributed by atoms with Gasteiger partial charge in [0.05, 0.1) is 12.0 Å². The number of ether oxygens (including phenoxy) is 1. The Morgan fingerprint density at radius 1 is 1.00 bits per heavy atom. The van der Waals surface area contributed by atoms with E-state index in [0.29, 0.717) is 6.42 Å². The normalized spacial score (nSPS) is 13.0. The van der Waals surface area contributed by atoms with E-state index in [9.17, 15) is 13.2 Å².